The second kappa shape index (κ2) is 8.98. The standard InChI is InChI=1S/C16H33NO3/c1-5-16(12-18,17-6-2)8-7-9-19-15-10-13(3)20-14(4)11-15/h13-15,17-18H,5-12H2,1-4H3. The fourth-order valence-electron chi connectivity index (χ4n) is 3.15. The third-order valence-corrected chi connectivity index (χ3v) is 4.34. The van der Waals surface area contributed by atoms with Gasteiger partial charge < -0.3 is 19.9 Å². The molecule has 4 nitrogen and oxygen atoms in total. The molecule has 0 aliphatic carbocycles. The summed E-state index contributed by atoms with van der Waals surface area (Å²) >= 11 is 0. The first-order valence-corrected chi connectivity index (χ1v) is 8.18. The highest BCUT2D eigenvalue weighted by atomic mass is 16.5. The molecular weight excluding hydrogens is 254 g/mol. The molecule has 3 atom stereocenters. The Bertz CT molecular complexity index is 246. The molecule has 3 unspecified atom stereocenters. The molecule has 0 aromatic rings. The van der Waals surface area contributed by atoms with E-state index in [1.54, 1.807) is 0 Å². The molecule has 1 aliphatic heterocycles. The lowest BCUT2D eigenvalue weighted by Gasteiger charge is -2.33. The SMILES string of the molecule is CCNC(CC)(CO)CCCOC1CC(C)OC(C)C1. The van der Waals surface area contributed by atoms with Gasteiger partial charge in [-0.2, -0.15) is 0 Å². The summed E-state index contributed by atoms with van der Waals surface area (Å²) in [7, 11) is 0. The fourth-order valence-corrected chi connectivity index (χ4v) is 3.15. The molecule has 0 aromatic carbocycles. The number of nitrogens with one attached hydrogen (secondary N) is 1. The van der Waals surface area contributed by atoms with Crippen molar-refractivity contribution in [3.63, 3.8) is 0 Å². The van der Waals surface area contributed by atoms with E-state index in [1.807, 2.05) is 0 Å². The molecule has 0 radical (unpaired) electrons. The summed E-state index contributed by atoms with van der Waals surface area (Å²) in [5.41, 5.74) is -0.131. The summed E-state index contributed by atoms with van der Waals surface area (Å²) in [5.74, 6) is 0. The van der Waals surface area contributed by atoms with Crippen LogP contribution in [0.5, 0.6) is 0 Å². The molecule has 20 heavy (non-hydrogen) atoms. The number of aliphatic hydroxyl groups excluding tert-OH is 1. The first-order valence-electron chi connectivity index (χ1n) is 8.18. The Morgan fingerprint density at radius 1 is 1.25 bits per heavy atom. The summed E-state index contributed by atoms with van der Waals surface area (Å²) in [6, 6.07) is 0. The van der Waals surface area contributed by atoms with Crippen LogP contribution in [0, 0.1) is 0 Å². The van der Waals surface area contributed by atoms with Crippen molar-refractivity contribution < 1.29 is 14.6 Å². The van der Waals surface area contributed by atoms with Gasteiger partial charge in [-0.1, -0.05) is 13.8 Å². The van der Waals surface area contributed by atoms with E-state index in [9.17, 15) is 5.11 Å². The average molecular weight is 287 g/mol. The van der Waals surface area contributed by atoms with Crippen LogP contribution in [0.2, 0.25) is 0 Å². The number of rotatable bonds is 9. The zero-order chi connectivity index (χ0) is 15.0. The molecule has 1 fully saturated rings. The van der Waals surface area contributed by atoms with Crippen molar-refractivity contribution in [1.29, 1.82) is 0 Å². The lowest BCUT2D eigenvalue weighted by molar-refractivity contribution is -0.102. The Morgan fingerprint density at radius 2 is 1.90 bits per heavy atom. The van der Waals surface area contributed by atoms with Crippen molar-refractivity contribution >= 4 is 0 Å². The summed E-state index contributed by atoms with van der Waals surface area (Å²) in [6.07, 6.45) is 5.83. The minimum Gasteiger partial charge on any atom is -0.394 e. The minimum absolute atomic E-state index is 0.131. The average Bonchev–Trinajstić information content (AvgIpc) is 2.41. The maximum atomic E-state index is 9.61. The zero-order valence-corrected chi connectivity index (χ0v) is 13.7. The topological polar surface area (TPSA) is 50.7 Å². The van der Waals surface area contributed by atoms with Crippen molar-refractivity contribution in [2.75, 3.05) is 19.8 Å². The van der Waals surface area contributed by atoms with E-state index >= 15 is 0 Å². The Morgan fingerprint density at radius 3 is 2.40 bits per heavy atom. The van der Waals surface area contributed by atoms with Gasteiger partial charge in [0.25, 0.3) is 0 Å². The molecule has 0 spiro atoms. The summed E-state index contributed by atoms with van der Waals surface area (Å²) < 4.78 is 11.7. The van der Waals surface area contributed by atoms with E-state index in [0.717, 1.165) is 45.3 Å². The normalized spacial score (nSPS) is 30.1. The van der Waals surface area contributed by atoms with Gasteiger partial charge in [0.15, 0.2) is 0 Å². The predicted octanol–water partition coefficient (Wildman–Crippen LogP) is 2.49. The van der Waals surface area contributed by atoms with Gasteiger partial charge in [0, 0.05) is 12.1 Å². The highest BCUT2D eigenvalue weighted by molar-refractivity contribution is 4.85. The lowest BCUT2D eigenvalue weighted by atomic mass is 9.91. The van der Waals surface area contributed by atoms with Crippen LogP contribution in [0.4, 0.5) is 0 Å². The fraction of sp³-hybridized carbons (Fsp3) is 1.00. The molecule has 2 N–H and O–H groups in total. The van der Waals surface area contributed by atoms with Crippen LogP contribution in [0.1, 0.15) is 59.8 Å². The first-order chi connectivity index (χ1) is 9.55. The minimum atomic E-state index is -0.131. The monoisotopic (exact) mass is 287 g/mol. The molecule has 1 heterocycles. The smallest absolute Gasteiger partial charge is 0.0624 e. The van der Waals surface area contributed by atoms with Crippen LogP contribution in [-0.2, 0) is 9.47 Å². The van der Waals surface area contributed by atoms with E-state index in [2.05, 4.69) is 33.0 Å². The molecule has 0 bridgehead atoms. The van der Waals surface area contributed by atoms with E-state index in [1.165, 1.54) is 0 Å². The van der Waals surface area contributed by atoms with Gasteiger partial charge >= 0.3 is 0 Å². The van der Waals surface area contributed by atoms with Crippen LogP contribution >= 0.6 is 0 Å². The van der Waals surface area contributed by atoms with Crippen LogP contribution in [0.3, 0.4) is 0 Å². The van der Waals surface area contributed by atoms with Crippen molar-refractivity contribution in [2.45, 2.75) is 83.6 Å². The van der Waals surface area contributed by atoms with Crippen LogP contribution in [0.25, 0.3) is 0 Å². The molecule has 1 aliphatic rings. The third-order valence-electron chi connectivity index (χ3n) is 4.34. The van der Waals surface area contributed by atoms with E-state index < -0.39 is 0 Å². The number of ether oxygens (including phenoxy) is 2. The highest BCUT2D eigenvalue weighted by Crippen LogP contribution is 2.22. The van der Waals surface area contributed by atoms with Gasteiger partial charge in [0.1, 0.15) is 0 Å². The summed E-state index contributed by atoms with van der Waals surface area (Å²) in [4.78, 5) is 0. The first kappa shape index (κ1) is 17.9. The van der Waals surface area contributed by atoms with Gasteiger partial charge in [0.05, 0.1) is 24.9 Å². The van der Waals surface area contributed by atoms with Crippen molar-refractivity contribution in [3.8, 4) is 0 Å². The van der Waals surface area contributed by atoms with Gasteiger partial charge in [0.2, 0.25) is 0 Å². The lowest BCUT2D eigenvalue weighted by Crippen LogP contribution is -2.48. The second-order valence-electron chi connectivity index (χ2n) is 6.15. The maximum absolute atomic E-state index is 9.61. The Kier molecular flexibility index (Phi) is 8.03. The molecule has 4 heteroatoms. The molecule has 1 saturated heterocycles. The van der Waals surface area contributed by atoms with Gasteiger partial charge in [-0.15, -0.1) is 0 Å². The largest absolute Gasteiger partial charge is 0.394 e. The molecular formula is C16H33NO3. The van der Waals surface area contributed by atoms with E-state index in [0.29, 0.717) is 18.3 Å². The molecule has 0 aromatic heterocycles. The maximum Gasteiger partial charge on any atom is 0.0624 e. The highest BCUT2D eigenvalue weighted by Gasteiger charge is 2.27. The van der Waals surface area contributed by atoms with E-state index in [-0.39, 0.29) is 12.1 Å². The zero-order valence-electron chi connectivity index (χ0n) is 13.7. The second-order valence-corrected chi connectivity index (χ2v) is 6.15. The quantitative estimate of drug-likeness (QED) is 0.640. The molecule has 1 rings (SSSR count). The van der Waals surface area contributed by atoms with Crippen LogP contribution < -0.4 is 5.32 Å². The summed E-state index contributed by atoms with van der Waals surface area (Å²) in [5, 5.41) is 13.0. The van der Waals surface area contributed by atoms with Crippen LogP contribution in [0.15, 0.2) is 0 Å². The molecule has 0 saturated carbocycles. The van der Waals surface area contributed by atoms with Crippen molar-refractivity contribution in [1.82, 2.24) is 5.32 Å². The van der Waals surface area contributed by atoms with Crippen LogP contribution in [-0.4, -0.2) is 48.7 Å². The third kappa shape index (κ3) is 5.68. The Balaban J connectivity index is 2.26. The molecule has 0 amide bonds. The van der Waals surface area contributed by atoms with Gasteiger partial charge in [-0.05, 0) is 52.5 Å². The number of hydrogen-bond donors (Lipinski definition) is 2. The number of hydrogen-bond acceptors (Lipinski definition) is 4. The molecule has 120 valence electrons. The Labute approximate surface area is 124 Å². The Hall–Kier alpha value is -0.160. The van der Waals surface area contributed by atoms with Gasteiger partial charge in [-0.25, -0.2) is 0 Å². The van der Waals surface area contributed by atoms with Crippen molar-refractivity contribution in [3.05, 3.63) is 0 Å². The number of aliphatic hydroxyl groups is 1. The van der Waals surface area contributed by atoms with E-state index in [4.69, 9.17) is 9.47 Å². The summed E-state index contributed by atoms with van der Waals surface area (Å²) in [6.45, 7) is 10.3. The van der Waals surface area contributed by atoms with Gasteiger partial charge in [-0.3, -0.25) is 0 Å². The van der Waals surface area contributed by atoms with Crippen molar-refractivity contribution in [2.24, 2.45) is 0 Å². The number of likely N-dealkylation sites (N-methyl/N-ethyl adjacent to an activating group) is 1. The predicted molar refractivity (Wildman–Crippen MR) is 82.0 cm³/mol.